The van der Waals surface area contributed by atoms with E-state index in [0.717, 1.165) is 66.8 Å². The zero-order chi connectivity index (χ0) is 68.3. The summed E-state index contributed by atoms with van der Waals surface area (Å²) in [5.74, 6) is -0.0489. The predicted octanol–water partition coefficient (Wildman–Crippen LogP) is 27.1. The molecule has 0 heterocycles. The Labute approximate surface area is 603 Å². The van der Waals surface area contributed by atoms with E-state index in [1.807, 2.05) is 364 Å². The molecule has 0 spiro atoms. The summed E-state index contributed by atoms with van der Waals surface area (Å²) in [6.45, 7) is 8.19. The van der Waals surface area contributed by atoms with Crippen LogP contribution in [0.3, 0.4) is 0 Å². The first-order chi connectivity index (χ1) is 46.7. The topological polar surface area (TPSA) is 238 Å². The predicted molar refractivity (Wildman–Crippen MR) is 404 cm³/mol. The van der Waals surface area contributed by atoms with Gasteiger partial charge in [0.2, 0.25) is 0 Å². The van der Waals surface area contributed by atoms with Gasteiger partial charge in [0, 0.05) is 33.6 Å². The van der Waals surface area contributed by atoms with Crippen LogP contribution in [0.5, 0.6) is 0 Å². The van der Waals surface area contributed by atoms with E-state index in [2.05, 4.69) is 13.8 Å². The molecule has 2 radical (unpaired) electrons. The fourth-order valence-corrected chi connectivity index (χ4v) is 10.4. The normalized spacial score (nSPS) is 14.1. The van der Waals surface area contributed by atoms with Gasteiger partial charge < -0.3 is 71.2 Å². The van der Waals surface area contributed by atoms with Gasteiger partial charge in [-0.15, -0.1) is 60.4 Å². The second-order valence-corrected chi connectivity index (χ2v) is 22.9. The first-order valence-electron chi connectivity index (χ1n) is 32.1. The number of benzene rings is 12. The average Bonchev–Trinajstić information content (AvgIpc) is 1.03. The third-order valence-electron chi connectivity index (χ3n) is 16.2. The van der Waals surface area contributed by atoms with E-state index in [1.54, 1.807) is 0 Å². The third-order valence-corrected chi connectivity index (χ3v) is 16.2. The van der Waals surface area contributed by atoms with E-state index in [9.17, 15) is 0 Å². The van der Waals surface area contributed by atoms with Crippen molar-refractivity contribution in [2.45, 2.75) is 72.3 Å². The summed E-state index contributed by atoms with van der Waals surface area (Å²) in [7, 11) is 0. The summed E-state index contributed by atoms with van der Waals surface area (Å²) in [6.07, 6.45) is 0. The number of nitrogens with one attached hydrogen (secondary N) is 10. The van der Waals surface area contributed by atoms with Crippen molar-refractivity contribution in [3.05, 3.63) is 502 Å². The van der Waals surface area contributed by atoms with Gasteiger partial charge in [-0.3, -0.25) is 0 Å². The van der Waals surface area contributed by atoms with Crippen LogP contribution < -0.4 is 0 Å². The smallest absolute Gasteiger partial charge is 0 e. The molecule has 0 bridgehead atoms. The largest absolute Gasteiger partial charge is 0.672 e. The number of hydrogen-bond donors (Lipinski definition) is 0. The van der Waals surface area contributed by atoms with Crippen LogP contribution in [-0.2, 0) is 33.6 Å². The Morgan fingerprint density at radius 3 is 0.316 bits per heavy atom. The molecule has 0 aromatic heterocycles. The first kappa shape index (κ1) is 79.9. The molecule has 10 N–H and O–H groups in total. The zero-order valence-corrected chi connectivity index (χ0v) is 56.7. The van der Waals surface area contributed by atoms with Gasteiger partial charge in [-0.25, -0.2) is 0 Å². The Hall–Kier alpha value is -8.75. The maximum Gasteiger partial charge on any atom is 0 e. The number of hydrogen-bond acceptors (Lipinski definition) is 0. The van der Waals surface area contributed by atoms with E-state index in [4.69, 9.17) is 57.3 Å². The molecular formula is C86H86Co2N10-12. The molecular weight excluding hydrogens is 1290 g/mol. The summed E-state index contributed by atoms with van der Waals surface area (Å²) in [4.78, 5) is 0. The minimum absolute atomic E-state index is 0. The molecule has 0 saturated carbocycles. The fourth-order valence-electron chi connectivity index (χ4n) is 10.4. The van der Waals surface area contributed by atoms with Crippen LogP contribution in [0.25, 0.3) is 57.3 Å². The van der Waals surface area contributed by atoms with Crippen molar-refractivity contribution in [1.29, 1.82) is 0 Å². The van der Waals surface area contributed by atoms with E-state index in [0.29, 0.717) is 0 Å². The second-order valence-electron chi connectivity index (χ2n) is 22.9. The van der Waals surface area contributed by atoms with Gasteiger partial charge in [-0.2, -0.15) is 11.8 Å². The summed E-state index contributed by atoms with van der Waals surface area (Å²) in [5.41, 5.74) is 92.4. The fraction of sp³-hybridized carbons (Fsp3) is 0.140. The average molecular weight is 1380 g/mol. The molecule has 0 fully saturated rings. The standard InChI is InChI=1S/2C15H15N.4C14H14N2.2Co/c2*1-12(13-8-4-2-5-9-13)15(16)14-10-6-3-7-11-14;4*15-13(11-7-3-1-4-8-11)14(16)12-9-5-2-6-10-12;;/h2*2-12,15-16H,1H2;4*1-10,13-16H;;/q6*-2;;/t2*12-,15+;2*13-,14?;2*13-,14-;;/m000000../s1. The molecule has 0 amide bonds. The third kappa shape index (κ3) is 25.6. The SMILES string of the molecule is [CH2-][C@@H](c1ccccc1)[C@@H]([NH-])c1ccccc1.[CH2-][C@@H](c1ccccc1)[C@@H]([NH-])c1ccccc1.[Co].[Co].[NH-]C(c1ccccc1)[C@@H]([NH-])c1ccccc1.[NH-]C(c1ccccc1)[C@@H]([NH-])c1ccccc1.[NH-][C@@H](c1ccccc1)[C@@H]([NH-])c1ccccc1.[NH-][C@@H](c1ccccc1)[C@@H]([NH-])c1ccccc1. The molecule has 12 heteroatoms. The Morgan fingerprint density at radius 1 is 0.133 bits per heavy atom. The van der Waals surface area contributed by atoms with Crippen LogP contribution in [0.1, 0.15) is 139 Å². The van der Waals surface area contributed by atoms with Crippen molar-refractivity contribution >= 4 is 0 Å². The Kier molecular flexibility index (Phi) is 36.1. The van der Waals surface area contributed by atoms with Crippen molar-refractivity contribution in [2.75, 3.05) is 0 Å². The van der Waals surface area contributed by atoms with Crippen LogP contribution in [0.4, 0.5) is 0 Å². The molecule has 12 rings (SSSR count). The summed E-state index contributed by atoms with van der Waals surface area (Å²) < 4.78 is 0. The first-order valence-corrected chi connectivity index (χ1v) is 32.1. The Morgan fingerprint density at radius 2 is 0.214 bits per heavy atom. The monoisotopic (exact) mass is 1380 g/mol. The van der Waals surface area contributed by atoms with Crippen molar-refractivity contribution in [1.82, 2.24) is 0 Å². The minimum Gasteiger partial charge on any atom is -0.672 e. The molecule has 0 aliphatic carbocycles. The molecule has 0 saturated heterocycles. The van der Waals surface area contributed by atoms with Crippen LogP contribution in [-0.4, -0.2) is 0 Å². The van der Waals surface area contributed by atoms with E-state index < -0.39 is 48.3 Å². The van der Waals surface area contributed by atoms with Crippen molar-refractivity contribution in [2.24, 2.45) is 0 Å². The van der Waals surface area contributed by atoms with E-state index in [-0.39, 0.29) is 57.5 Å². The van der Waals surface area contributed by atoms with Crippen molar-refractivity contribution in [3.63, 3.8) is 0 Å². The molecule has 2 unspecified atom stereocenters. The van der Waals surface area contributed by atoms with Gasteiger partial charge in [-0.1, -0.05) is 431 Å². The molecule has 0 aliphatic heterocycles. The van der Waals surface area contributed by atoms with Gasteiger partial charge in [0.1, 0.15) is 0 Å². The molecule has 10 nitrogen and oxygen atoms in total. The molecule has 510 valence electrons. The zero-order valence-electron chi connectivity index (χ0n) is 54.7. The maximum atomic E-state index is 8.19. The molecule has 12 aromatic carbocycles. The summed E-state index contributed by atoms with van der Waals surface area (Å²) in [6, 6.07) is 111. The quantitative estimate of drug-likeness (QED) is 0.0729. The minimum atomic E-state index is -0.524. The van der Waals surface area contributed by atoms with Gasteiger partial charge in [-0.05, 0) is 0 Å². The van der Waals surface area contributed by atoms with Gasteiger partial charge in [0.25, 0.3) is 0 Å². The maximum absolute atomic E-state index is 8.19. The molecule has 12 aromatic rings. The van der Waals surface area contributed by atoms with Gasteiger partial charge in [0.15, 0.2) is 0 Å². The van der Waals surface area contributed by atoms with Crippen LogP contribution in [0.2, 0.25) is 0 Å². The summed E-state index contributed by atoms with van der Waals surface area (Å²) >= 11 is 0. The summed E-state index contributed by atoms with van der Waals surface area (Å²) in [5, 5.41) is 0. The molecule has 0 aliphatic rings. The van der Waals surface area contributed by atoms with Crippen LogP contribution >= 0.6 is 0 Å². The second kappa shape index (κ2) is 44.2. The van der Waals surface area contributed by atoms with Crippen molar-refractivity contribution in [3.8, 4) is 0 Å². The van der Waals surface area contributed by atoms with Crippen LogP contribution in [0.15, 0.2) is 364 Å². The van der Waals surface area contributed by atoms with Crippen molar-refractivity contribution < 1.29 is 33.6 Å². The molecule has 12 atom stereocenters. The Bertz CT molecular complexity index is 2970. The van der Waals surface area contributed by atoms with Gasteiger partial charge >= 0.3 is 0 Å². The van der Waals surface area contributed by atoms with E-state index >= 15 is 0 Å². The number of rotatable bonds is 18. The van der Waals surface area contributed by atoms with Crippen LogP contribution in [0, 0.1) is 13.8 Å². The molecule has 98 heavy (non-hydrogen) atoms. The van der Waals surface area contributed by atoms with Gasteiger partial charge in [0.05, 0.1) is 0 Å². The van der Waals surface area contributed by atoms with E-state index in [1.165, 1.54) is 0 Å². The Balaban J connectivity index is 0.000000211.